The van der Waals surface area contributed by atoms with Crippen LogP contribution in [-0.4, -0.2) is 48.8 Å². The molecule has 0 spiro atoms. The Labute approximate surface area is 216 Å². The third-order valence-electron chi connectivity index (χ3n) is 6.47. The highest BCUT2D eigenvalue weighted by Gasteiger charge is 2.24. The van der Waals surface area contributed by atoms with Crippen LogP contribution in [0.2, 0.25) is 0 Å². The molecular formula is C28H33N3O6. The second-order valence-electron chi connectivity index (χ2n) is 8.95. The summed E-state index contributed by atoms with van der Waals surface area (Å²) in [6.45, 7) is 3.58. The number of hydrogen-bond donors (Lipinski definition) is 0. The minimum Gasteiger partial charge on any atom is -0.493 e. The van der Waals surface area contributed by atoms with E-state index < -0.39 is 12.1 Å². The average molecular weight is 508 g/mol. The first kappa shape index (κ1) is 26.2. The van der Waals surface area contributed by atoms with Crippen LogP contribution >= 0.6 is 0 Å². The van der Waals surface area contributed by atoms with E-state index in [1.807, 2.05) is 18.2 Å². The first-order valence-electron chi connectivity index (χ1n) is 12.6. The molecule has 1 aliphatic rings. The Balaban J connectivity index is 1.74. The summed E-state index contributed by atoms with van der Waals surface area (Å²) in [6, 6.07) is 10.8. The number of aromatic nitrogens is 2. The molecule has 1 atom stereocenters. The van der Waals surface area contributed by atoms with Crippen LogP contribution in [0, 0.1) is 0 Å². The quantitative estimate of drug-likeness (QED) is 0.306. The number of para-hydroxylation sites is 1. The normalized spacial score (nSPS) is 15.0. The van der Waals surface area contributed by atoms with E-state index in [1.165, 1.54) is 25.3 Å². The number of benzene rings is 2. The first-order chi connectivity index (χ1) is 18.0. The molecule has 2 aromatic carbocycles. The first-order valence-corrected chi connectivity index (χ1v) is 12.6. The molecule has 0 aliphatic heterocycles. The Morgan fingerprint density at radius 2 is 1.81 bits per heavy atom. The Morgan fingerprint density at radius 1 is 1.14 bits per heavy atom. The third-order valence-corrected chi connectivity index (χ3v) is 6.47. The molecule has 0 saturated heterocycles. The monoisotopic (exact) mass is 507 g/mol. The van der Waals surface area contributed by atoms with Crippen molar-refractivity contribution in [3.05, 3.63) is 58.1 Å². The summed E-state index contributed by atoms with van der Waals surface area (Å²) >= 11 is 0. The highest BCUT2D eigenvalue weighted by molar-refractivity contribution is 5.83. The minimum atomic E-state index is -0.859. The van der Waals surface area contributed by atoms with Crippen molar-refractivity contribution in [3.8, 4) is 17.2 Å². The third kappa shape index (κ3) is 5.76. The number of carbonyl (C=O) groups is 1. The molecule has 0 unspecified atom stereocenters. The Morgan fingerprint density at radius 3 is 2.46 bits per heavy atom. The van der Waals surface area contributed by atoms with Crippen molar-refractivity contribution in [2.24, 2.45) is 5.10 Å². The number of nitrogens with zero attached hydrogens (tertiary/aromatic N) is 3. The number of fused-ring (bicyclic) bond motifs is 1. The van der Waals surface area contributed by atoms with E-state index in [0.717, 1.165) is 25.7 Å². The fraction of sp³-hybridized carbons (Fsp3) is 0.429. The molecule has 196 valence electrons. The Hall–Kier alpha value is -3.88. The highest BCUT2D eigenvalue weighted by Crippen LogP contribution is 2.39. The summed E-state index contributed by atoms with van der Waals surface area (Å²) in [5.41, 5.74) is 1.10. The molecule has 1 fully saturated rings. The summed E-state index contributed by atoms with van der Waals surface area (Å²) in [5, 5.41) is 5.11. The lowest BCUT2D eigenvalue weighted by atomic mass is 9.88. The van der Waals surface area contributed by atoms with E-state index in [4.69, 9.17) is 23.9 Å². The maximum atomic E-state index is 13.4. The zero-order valence-corrected chi connectivity index (χ0v) is 21.7. The number of ether oxygens (including phenoxy) is 4. The highest BCUT2D eigenvalue weighted by atomic mass is 16.6. The van der Waals surface area contributed by atoms with Gasteiger partial charge in [-0.15, -0.1) is 0 Å². The van der Waals surface area contributed by atoms with Gasteiger partial charge in [0.25, 0.3) is 5.56 Å². The number of carbonyl (C=O) groups excluding carboxylic acids is 1. The molecule has 4 rings (SSSR count). The van der Waals surface area contributed by atoms with Gasteiger partial charge in [-0.25, -0.2) is 9.78 Å². The van der Waals surface area contributed by atoms with Crippen molar-refractivity contribution in [3.63, 3.8) is 0 Å². The van der Waals surface area contributed by atoms with Gasteiger partial charge in [0, 0.05) is 11.5 Å². The van der Waals surface area contributed by atoms with Gasteiger partial charge >= 0.3 is 5.97 Å². The molecule has 1 aromatic heterocycles. The number of methoxy groups -OCH3 is 2. The summed E-state index contributed by atoms with van der Waals surface area (Å²) in [7, 11) is 2.99. The number of rotatable bonds is 9. The zero-order chi connectivity index (χ0) is 26.4. The Bertz CT molecular complexity index is 1320. The molecule has 0 N–H and O–H groups in total. The van der Waals surface area contributed by atoms with Gasteiger partial charge in [-0.1, -0.05) is 31.4 Å². The topological polar surface area (TPSA) is 101 Å². The van der Waals surface area contributed by atoms with Crippen molar-refractivity contribution < 1.29 is 23.7 Å². The molecule has 1 saturated carbocycles. The Kier molecular flexibility index (Phi) is 8.43. The van der Waals surface area contributed by atoms with Crippen molar-refractivity contribution in [2.45, 2.75) is 58.0 Å². The summed E-state index contributed by atoms with van der Waals surface area (Å²) in [4.78, 5) is 30.4. The molecule has 0 amide bonds. The van der Waals surface area contributed by atoms with Crippen LogP contribution in [-0.2, 0) is 9.53 Å². The minimum absolute atomic E-state index is 0.174. The fourth-order valence-electron chi connectivity index (χ4n) is 4.58. The molecule has 9 nitrogen and oxygen atoms in total. The van der Waals surface area contributed by atoms with E-state index in [9.17, 15) is 9.59 Å². The van der Waals surface area contributed by atoms with Crippen LogP contribution in [0.25, 0.3) is 10.9 Å². The summed E-state index contributed by atoms with van der Waals surface area (Å²) in [5.74, 6) is 1.35. The van der Waals surface area contributed by atoms with Gasteiger partial charge in [0.05, 0.1) is 37.9 Å². The largest absolute Gasteiger partial charge is 0.493 e. The van der Waals surface area contributed by atoms with Crippen molar-refractivity contribution >= 4 is 23.1 Å². The predicted molar refractivity (Wildman–Crippen MR) is 141 cm³/mol. The van der Waals surface area contributed by atoms with Gasteiger partial charge in [-0.05, 0) is 51.0 Å². The molecule has 0 bridgehead atoms. The van der Waals surface area contributed by atoms with E-state index in [0.29, 0.717) is 33.8 Å². The van der Waals surface area contributed by atoms with Gasteiger partial charge in [-0.2, -0.15) is 9.78 Å². The number of hydrogen-bond acceptors (Lipinski definition) is 8. The lowest BCUT2D eigenvalue weighted by Crippen LogP contribution is -2.26. The van der Waals surface area contributed by atoms with E-state index >= 15 is 0 Å². The molecule has 1 aliphatic carbocycles. The smallest absolute Gasteiger partial charge is 0.347 e. The van der Waals surface area contributed by atoms with Crippen LogP contribution in [0.15, 0.2) is 46.3 Å². The van der Waals surface area contributed by atoms with Crippen LogP contribution in [0.1, 0.15) is 63.3 Å². The van der Waals surface area contributed by atoms with Gasteiger partial charge in [0.2, 0.25) is 5.75 Å². The molecule has 1 heterocycles. The van der Waals surface area contributed by atoms with Crippen LogP contribution in [0.4, 0.5) is 0 Å². The lowest BCUT2D eigenvalue weighted by molar-refractivity contribution is -0.150. The molecular weight excluding hydrogens is 474 g/mol. The van der Waals surface area contributed by atoms with Crippen LogP contribution in [0.3, 0.4) is 0 Å². The SMILES string of the molecule is CCOC(=O)[C@@H](C)Oc1c(OC)cc(C=Nn2c(C3CCCCC3)nc3ccccc3c2=O)cc1OC. The second kappa shape index (κ2) is 11.9. The van der Waals surface area contributed by atoms with Crippen LogP contribution < -0.4 is 19.8 Å². The molecule has 3 aromatic rings. The van der Waals surface area contributed by atoms with Crippen molar-refractivity contribution in [1.29, 1.82) is 0 Å². The molecule has 0 radical (unpaired) electrons. The van der Waals surface area contributed by atoms with Gasteiger partial charge in [-0.3, -0.25) is 4.79 Å². The maximum absolute atomic E-state index is 13.4. The number of esters is 1. The molecule has 37 heavy (non-hydrogen) atoms. The van der Waals surface area contributed by atoms with Crippen molar-refractivity contribution in [1.82, 2.24) is 9.66 Å². The zero-order valence-electron chi connectivity index (χ0n) is 21.7. The predicted octanol–water partition coefficient (Wildman–Crippen LogP) is 4.67. The van der Waals surface area contributed by atoms with E-state index in [-0.39, 0.29) is 23.8 Å². The maximum Gasteiger partial charge on any atom is 0.347 e. The van der Waals surface area contributed by atoms with Gasteiger partial charge < -0.3 is 18.9 Å². The van der Waals surface area contributed by atoms with Crippen molar-refractivity contribution in [2.75, 3.05) is 20.8 Å². The summed E-state index contributed by atoms with van der Waals surface area (Å²) in [6.07, 6.45) is 6.09. The van der Waals surface area contributed by atoms with Gasteiger partial charge in [0.15, 0.2) is 17.6 Å². The van der Waals surface area contributed by atoms with Crippen LogP contribution in [0.5, 0.6) is 17.2 Å². The standard InChI is InChI=1S/C28H33N3O6/c1-5-36-28(33)18(2)37-25-23(34-3)15-19(16-24(25)35-4)17-29-31-26(20-11-7-6-8-12-20)30-22-14-10-9-13-21(22)27(31)32/h9-10,13-18,20H,5-8,11-12H2,1-4H3/t18-/m1/s1. The van der Waals surface area contributed by atoms with E-state index in [1.54, 1.807) is 38.3 Å². The summed E-state index contributed by atoms with van der Waals surface area (Å²) < 4.78 is 23.3. The average Bonchev–Trinajstić information content (AvgIpc) is 2.93. The van der Waals surface area contributed by atoms with E-state index in [2.05, 4.69) is 5.10 Å². The lowest BCUT2D eigenvalue weighted by Gasteiger charge is -2.22. The second-order valence-corrected chi connectivity index (χ2v) is 8.95. The van der Waals surface area contributed by atoms with Gasteiger partial charge in [0.1, 0.15) is 5.82 Å². The fourth-order valence-corrected chi connectivity index (χ4v) is 4.58. The molecule has 9 heteroatoms.